The molecule has 0 aliphatic heterocycles. The zero-order chi connectivity index (χ0) is 27.8. The third kappa shape index (κ3) is 11.0. The van der Waals surface area contributed by atoms with Crippen LogP contribution in [0.15, 0.2) is 67.3 Å². The van der Waals surface area contributed by atoms with Crippen molar-refractivity contribution in [3.63, 3.8) is 0 Å². The first-order valence-corrected chi connectivity index (χ1v) is 12.5. The molecular weight excluding hydrogens is 488 g/mol. The number of unbranched alkanes of at least 4 members (excludes halogenated alkanes) is 1. The van der Waals surface area contributed by atoms with Gasteiger partial charge in [0.15, 0.2) is 5.78 Å². The number of esters is 2. The lowest BCUT2D eigenvalue weighted by Gasteiger charge is -2.19. The van der Waals surface area contributed by atoms with E-state index in [0.717, 1.165) is 23.8 Å². The number of aliphatic hydroxyl groups excluding tert-OH is 1. The van der Waals surface area contributed by atoms with Gasteiger partial charge in [-0.15, -0.1) is 0 Å². The van der Waals surface area contributed by atoms with Crippen molar-refractivity contribution in [2.24, 2.45) is 5.41 Å². The third-order valence-corrected chi connectivity index (χ3v) is 5.40. The molecule has 0 spiro atoms. The molecule has 0 aromatic heterocycles. The SMILES string of the molecule is C=CC(=O)OCCCCOc1ccc(/C=C/C(=O)c2ccc(OCCCOC(=O)C(C)(C)CO)cc2)cc1. The fourth-order valence-corrected chi connectivity index (χ4v) is 2.96. The Bertz CT molecular complexity index is 1070. The normalized spacial score (nSPS) is 11.1. The first kappa shape index (κ1) is 30.3. The molecule has 0 saturated heterocycles. The van der Waals surface area contributed by atoms with Crippen molar-refractivity contribution in [3.05, 3.63) is 78.4 Å². The minimum Gasteiger partial charge on any atom is -0.494 e. The highest BCUT2D eigenvalue weighted by atomic mass is 16.5. The van der Waals surface area contributed by atoms with Crippen LogP contribution in [0.2, 0.25) is 0 Å². The van der Waals surface area contributed by atoms with Crippen LogP contribution in [0.4, 0.5) is 0 Å². The molecule has 0 aliphatic carbocycles. The second kappa shape index (κ2) is 16.0. The average molecular weight is 525 g/mol. The van der Waals surface area contributed by atoms with Gasteiger partial charge in [0.1, 0.15) is 11.5 Å². The standard InChI is InChI=1S/C30H36O8/c1-4-28(33)37-19-6-5-18-35-25-13-8-23(9-14-25)10-17-27(32)24-11-15-26(16-12-24)36-20-7-21-38-29(34)30(2,3)22-31/h4,8-17,31H,1,5-7,18-22H2,2-3H3/b17-10+. The summed E-state index contributed by atoms with van der Waals surface area (Å²) < 4.78 is 21.4. The molecular formula is C30H36O8. The molecule has 2 rings (SSSR count). The molecule has 204 valence electrons. The molecule has 0 heterocycles. The highest BCUT2D eigenvalue weighted by molar-refractivity contribution is 6.06. The van der Waals surface area contributed by atoms with E-state index >= 15 is 0 Å². The van der Waals surface area contributed by atoms with Crippen molar-refractivity contribution in [1.82, 2.24) is 0 Å². The molecule has 0 amide bonds. The maximum absolute atomic E-state index is 12.5. The quantitative estimate of drug-likeness (QED) is 0.136. The van der Waals surface area contributed by atoms with Gasteiger partial charge < -0.3 is 24.1 Å². The minimum absolute atomic E-state index is 0.132. The lowest BCUT2D eigenvalue weighted by molar-refractivity contribution is -0.156. The van der Waals surface area contributed by atoms with Crippen molar-refractivity contribution in [2.45, 2.75) is 33.1 Å². The second-order valence-electron chi connectivity index (χ2n) is 9.10. The van der Waals surface area contributed by atoms with E-state index in [0.29, 0.717) is 44.0 Å². The Labute approximate surface area is 223 Å². The molecule has 2 aromatic carbocycles. The van der Waals surface area contributed by atoms with Gasteiger partial charge in [0.05, 0.1) is 38.4 Å². The van der Waals surface area contributed by atoms with Gasteiger partial charge in [0, 0.05) is 18.1 Å². The largest absolute Gasteiger partial charge is 0.494 e. The summed E-state index contributed by atoms with van der Waals surface area (Å²) in [6, 6.07) is 14.2. The van der Waals surface area contributed by atoms with Gasteiger partial charge in [-0.1, -0.05) is 24.8 Å². The Kier molecular flexibility index (Phi) is 12.8. The molecule has 0 bridgehead atoms. The van der Waals surface area contributed by atoms with E-state index in [1.165, 1.54) is 6.08 Å². The molecule has 8 heteroatoms. The summed E-state index contributed by atoms with van der Waals surface area (Å²) in [5, 5.41) is 9.17. The predicted octanol–water partition coefficient (Wildman–Crippen LogP) is 4.80. The Balaban J connectivity index is 1.69. The van der Waals surface area contributed by atoms with E-state index < -0.39 is 17.4 Å². The Morgan fingerprint density at radius 2 is 1.37 bits per heavy atom. The number of hydrogen-bond acceptors (Lipinski definition) is 8. The fourth-order valence-electron chi connectivity index (χ4n) is 2.96. The summed E-state index contributed by atoms with van der Waals surface area (Å²) in [6.45, 7) is 7.71. The Morgan fingerprint density at radius 1 is 0.816 bits per heavy atom. The molecule has 8 nitrogen and oxygen atoms in total. The predicted molar refractivity (Wildman–Crippen MR) is 144 cm³/mol. The van der Waals surface area contributed by atoms with E-state index in [2.05, 4.69) is 6.58 Å². The smallest absolute Gasteiger partial charge is 0.330 e. The molecule has 0 unspecified atom stereocenters. The van der Waals surface area contributed by atoms with Crippen molar-refractivity contribution < 1.29 is 38.4 Å². The van der Waals surface area contributed by atoms with Crippen LogP contribution in [-0.4, -0.2) is 55.9 Å². The van der Waals surface area contributed by atoms with Crippen molar-refractivity contribution in [1.29, 1.82) is 0 Å². The van der Waals surface area contributed by atoms with Crippen LogP contribution in [0.25, 0.3) is 6.08 Å². The molecule has 0 atom stereocenters. The molecule has 38 heavy (non-hydrogen) atoms. The third-order valence-electron chi connectivity index (χ3n) is 5.40. The number of ketones is 1. The first-order valence-electron chi connectivity index (χ1n) is 12.5. The number of benzene rings is 2. The van der Waals surface area contributed by atoms with E-state index in [-0.39, 0.29) is 19.0 Å². The summed E-state index contributed by atoms with van der Waals surface area (Å²) >= 11 is 0. The summed E-state index contributed by atoms with van der Waals surface area (Å²) in [5.74, 6) is 0.331. The van der Waals surface area contributed by atoms with Crippen molar-refractivity contribution in [2.75, 3.05) is 33.0 Å². The van der Waals surface area contributed by atoms with Crippen molar-refractivity contribution in [3.8, 4) is 11.5 Å². The number of carbonyl (C=O) groups excluding carboxylic acids is 3. The van der Waals surface area contributed by atoms with E-state index in [9.17, 15) is 19.5 Å². The first-order chi connectivity index (χ1) is 18.2. The van der Waals surface area contributed by atoms with Crippen LogP contribution in [0, 0.1) is 5.41 Å². The van der Waals surface area contributed by atoms with Crippen LogP contribution in [0.5, 0.6) is 11.5 Å². The zero-order valence-electron chi connectivity index (χ0n) is 22.0. The summed E-state index contributed by atoms with van der Waals surface area (Å²) in [5.41, 5.74) is 0.486. The lowest BCUT2D eigenvalue weighted by atomic mass is 9.95. The minimum atomic E-state index is -0.915. The topological polar surface area (TPSA) is 108 Å². The van der Waals surface area contributed by atoms with Crippen molar-refractivity contribution >= 4 is 23.8 Å². The highest BCUT2D eigenvalue weighted by Gasteiger charge is 2.28. The van der Waals surface area contributed by atoms with Gasteiger partial charge in [-0.05, 0) is 74.7 Å². The molecule has 0 aliphatic rings. The second-order valence-corrected chi connectivity index (χ2v) is 9.10. The van der Waals surface area contributed by atoms with Gasteiger partial charge in [-0.25, -0.2) is 4.79 Å². The number of ether oxygens (including phenoxy) is 4. The molecule has 0 radical (unpaired) electrons. The average Bonchev–Trinajstić information content (AvgIpc) is 2.94. The van der Waals surface area contributed by atoms with E-state index in [1.807, 2.05) is 24.3 Å². The monoisotopic (exact) mass is 524 g/mol. The van der Waals surface area contributed by atoms with Crippen LogP contribution in [-0.2, 0) is 19.1 Å². The van der Waals surface area contributed by atoms with Crippen LogP contribution in [0.3, 0.4) is 0 Å². The van der Waals surface area contributed by atoms with Gasteiger partial charge in [0.25, 0.3) is 0 Å². The number of aliphatic hydroxyl groups is 1. The summed E-state index contributed by atoms with van der Waals surface area (Å²) in [6.07, 6.45) is 6.36. The molecule has 0 saturated carbocycles. The number of carbonyl (C=O) groups is 3. The molecule has 0 fully saturated rings. The molecule has 1 N–H and O–H groups in total. The van der Waals surface area contributed by atoms with Gasteiger partial charge in [-0.3, -0.25) is 9.59 Å². The van der Waals surface area contributed by atoms with Gasteiger partial charge in [-0.2, -0.15) is 0 Å². The van der Waals surface area contributed by atoms with Crippen LogP contribution < -0.4 is 9.47 Å². The van der Waals surface area contributed by atoms with E-state index in [4.69, 9.17) is 18.9 Å². The fraction of sp³-hybridized carbons (Fsp3) is 0.367. The maximum Gasteiger partial charge on any atom is 0.330 e. The number of hydrogen-bond donors (Lipinski definition) is 1. The maximum atomic E-state index is 12.5. The van der Waals surface area contributed by atoms with Crippen LogP contribution in [0.1, 0.15) is 49.0 Å². The van der Waals surface area contributed by atoms with Gasteiger partial charge in [0.2, 0.25) is 0 Å². The highest BCUT2D eigenvalue weighted by Crippen LogP contribution is 2.17. The Morgan fingerprint density at radius 3 is 1.97 bits per heavy atom. The van der Waals surface area contributed by atoms with Crippen LogP contribution >= 0.6 is 0 Å². The lowest BCUT2D eigenvalue weighted by Crippen LogP contribution is -2.30. The summed E-state index contributed by atoms with van der Waals surface area (Å²) in [4.78, 5) is 35.3. The molecule has 2 aromatic rings. The van der Waals surface area contributed by atoms with Gasteiger partial charge >= 0.3 is 11.9 Å². The summed E-state index contributed by atoms with van der Waals surface area (Å²) in [7, 11) is 0. The number of allylic oxidation sites excluding steroid dienone is 1. The number of rotatable bonds is 17. The zero-order valence-corrected chi connectivity index (χ0v) is 22.0. The van der Waals surface area contributed by atoms with E-state index in [1.54, 1.807) is 44.2 Å². The Hall–Kier alpha value is -3.91.